The molecule has 0 heterocycles. The summed E-state index contributed by atoms with van der Waals surface area (Å²) in [5.41, 5.74) is 7.39. The number of anilines is 1. The maximum Gasteiger partial charge on any atom is 0.241 e. The van der Waals surface area contributed by atoms with E-state index in [0.717, 1.165) is 0 Å². The van der Waals surface area contributed by atoms with Crippen molar-refractivity contribution >= 4 is 21.6 Å². The van der Waals surface area contributed by atoms with E-state index in [-0.39, 0.29) is 23.8 Å². The predicted octanol–water partition coefficient (Wildman–Crippen LogP) is 0.642. The molecule has 0 fully saturated rings. The van der Waals surface area contributed by atoms with E-state index < -0.39 is 10.0 Å². The van der Waals surface area contributed by atoms with Gasteiger partial charge in [0.25, 0.3) is 0 Å². The Labute approximate surface area is 120 Å². The number of hydrogen-bond donors (Lipinski definition) is 2. The van der Waals surface area contributed by atoms with E-state index in [1.54, 1.807) is 40.1 Å². The Hall–Kier alpha value is -1.60. The molecule has 112 valence electrons. The van der Waals surface area contributed by atoms with Crippen LogP contribution in [0.1, 0.15) is 17.5 Å². The minimum Gasteiger partial charge on any atom is -0.399 e. The first kappa shape index (κ1) is 16.5. The van der Waals surface area contributed by atoms with Gasteiger partial charge in [-0.2, -0.15) is 0 Å². The number of aryl methyl sites for hydroxylation is 2. The molecule has 3 N–H and O–H groups in total. The summed E-state index contributed by atoms with van der Waals surface area (Å²) in [4.78, 5) is 13.1. The van der Waals surface area contributed by atoms with Crippen LogP contribution in [0.2, 0.25) is 0 Å². The van der Waals surface area contributed by atoms with Crippen molar-refractivity contribution in [2.24, 2.45) is 0 Å². The number of carbonyl (C=O) groups is 1. The molecule has 1 aromatic rings. The van der Waals surface area contributed by atoms with Gasteiger partial charge >= 0.3 is 0 Å². The van der Waals surface area contributed by atoms with Crippen molar-refractivity contribution in [3.05, 3.63) is 23.3 Å². The first-order valence-corrected chi connectivity index (χ1v) is 7.70. The average molecular weight is 299 g/mol. The summed E-state index contributed by atoms with van der Waals surface area (Å²) in [6.45, 7) is 3.47. The average Bonchev–Trinajstić information content (AvgIpc) is 2.26. The number of nitrogens with two attached hydrogens (primary N) is 1. The monoisotopic (exact) mass is 299 g/mol. The Bertz CT molecular complexity index is 586. The number of amides is 1. The number of rotatable bonds is 5. The fourth-order valence-corrected chi connectivity index (χ4v) is 3.48. The molecule has 0 aromatic heterocycles. The summed E-state index contributed by atoms with van der Waals surface area (Å²) >= 11 is 0. The zero-order chi connectivity index (χ0) is 15.5. The number of nitrogens with zero attached hydrogens (tertiary/aromatic N) is 1. The lowest BCUT2D eigenvalue weighted by molar-refractivity contribution is -0.128. The van der Waals surface area contributed by atoms with Crippen molar-refractivity contribution in [2.45, 2.75) is 25.2 Å². The minimum absolute atomic E-state index is 0.0720. The van der Waals surface area contributed by atoms with Crippen molar-refractivity contribution in [1.82, 2.24) is 9.62 Å². The SMILES string of the molecule is Cc1cc(N)cc(C)c1S(=O)(=O)NCCC(=O)N(C)C. The van der Waals surface area contributed by atoms with E-state index in [1.807, 2.05) is 0 Å². The molecule has 1 rings (SSSR count). The van der Waals surface area contributed by atoms with Gasteiger partial charge in [-0.15, -0.1) is 0 Å². The van der Waals surface area contributed by atoms with Gasteiger partial charge in [-0.05, 0) is 37.1 Å². The summed E-state index contributed by atoms with van der Waals surface area (Å²) in [5.74, 6) is -0.126. The second kappa shape index (κ2) is 6.23. The van der Waals surface area contributed by atoms with Gasteiger partial charge in [0.2, 0.25) is 15.9 Å². The maximum absolute atomic E-state index is 12.3. The molecule has 6 nitrogen and oxygen atoms in total. The van der Waals surface area contributed by atoms with Crippen LogP contribution in [0.25, 0.3) is 0 Å². The highest BCUT2D eigenvalue weighted by Gasteiger charge is 2.20. The second-order valence-corrected chi connectivity index (χ2v) is 6.62. The molecule has 0 saturated carbocycles. The van der Waals surface area contributed by atoms with E-state index in [0.29, 0.717) is 16.8 Å². The van der Waals surface area contributed by atoms with E-state index in [2.05, 4.69) is 4.72 Å². The fourth-order valence-electron chi connectivity index (χ4n) is 2.00. The minimum atomic E-state index is -3.64. The first-order chi connectivity index (χ1) is 9.15. The lowest BCUT2D eigenvalue weighted by Gasteiger charge is -2.14. The summed E-state index contributed by atoms with van der Waals surface area (Å²) in [5, 5.41) is 0. The molecule has 0 aliphatic rings. The molecule has 0 spiro atoms. The molecule has 0 atom stereocenters. The lowest BCUT2D eigenvalue weighted by atomic mass is 10.1. The van der Waals surface area contributed by atoms with Gasteiger partial charge in [-0.1, -0.05) is 0 Å². The van der Waals surface area contributed by atoms with Crippen molar-refractivity contribution < 1.29 is 13.2 Å². The van der Waals surface area contributed by atoms with Crippen molar-refractivity contribution in [3.8, 4) is 0 Å². The summed E-state index contributed by atoms with van der Waals surface area (Å²) in [6.07, 6.45) is 0.124. The zero-order valence-electron chi connectivity index (χ0n) is 12.2. The first-order valence-electron chi connectivity index (χ1n) is 6.21. The number of nitrogens with one attached hydrogen (secondary N) is 1. The third kappa shape index (κ3) is 3.94. The van der Waals surface area contributed by atoms with E-state index >= 15 is 0 Å². The molecule has 1 amide bonds. The highest BCUT2D eigenvalue weighted by molar-refractivity contribution is 7.89. The quantitative estimate of drug-likeness (QED) is 0.780. The molecular weight excluding hydrogens is 278 g/mol. The van der Waals surface area contributed by atoms with E-state index in [1.165, 1.54) is 4.90 Å². The van der Waals surface area contributed by atoms with Gasteiger partial charge in [0.05, 0.1) is 4.90 Å². The van der Waals surface area contributed by atoms with Gasteiger partial charge in [0.15, 0.2) is 0 Å². The molecule has 7 heteroatoms. The Morgan fingerprint density at radius 3 is 2.20 bits per heavy atom. The largest absolute Gasteiger partial charge is 0.399 e. The number of hydrogen-bond acceptors (Lipinski definition) is 4. The zero-order valence-corrected chi connectivity index (χ0v) is 13.0. The second-order valence-electron chi connectivity index (χ2n) is 4.92. The Morgan fingerprint density at radius 2 is 1.75 bits per heavy atom. The predicted molar refractivity (Wildman–Crippen MR) is 78.8 cm³/mol. The van der Waals surface area contributed by atoms with Crippen LogP contribution in [0, 0.1) is 13.8 Å². The van der Waals surface area contributed by atoms with Crippen molar-refractivity contribution in [2.75, 3.05) is 26.4 Å². The van der Waals surface area contributed by atoms with Gasteiger partial charge < -0.3 is 10.6 Å². The number of benzene rings is 1. The Kier molecular flexibility index (Phi) is 5.13. The smallest absolute Gasteiger partial charge is 0.241 e. The topological polar surface area (TPSA) is 92.5 Å². The van der Waals surface area contributed by atoms with Crippen LogP contribution in [0.15, 0.2) is 17.0 Å². The Morgan fingerprint density at radius 1 is 1.25 bits per heavy atom. The highest BCUT2D eigenvalue weighted by Crippen LogP contribution is 2.22. The highest BCUT2D eigenvalue weighted by atomic mass is 32.2. The molecular formula is C13H21N3O3S. The fraction of sp³-hybridized carbons (Fsp3) is 0.462. The summed E-state index contributed by atoms with van der Waals surface area (Å²) < 4.78 is 27.0. The van der Waals surface area contributed by atoms with Crippen LogP contribution in [0.3, 0.4) is 0 Å². The third-order valence-corrected chi connectivity index (χ3v) is 4.65. The molecule has 0 aliphatic heterocycles. The van der Waals surface area contributed by atoms with Crippen LogP contribution >= 0.6 is 0 Å². The molecule has 0 saturated heterocycles. The van der Waals surface area contributed by atoms with Crippen molar-refractivity contribution in [3.63, 3.8) is 0 Å². The molecule has 1 aromatic carbocycles. The lowest BCUT2D eigenvalue weighted by Crippen LogP contribution is -2.31. The normalized spacial score (nSPS) is 11.4. The molecule has 0 aliphatic carbocycles. The number of carbonyl (C=O) groups excluding carboxylic acids is 1. The van der Waals surface area contributed by atoms with Gasteiger partial charge in [-0.3, -0.25) is 4.79 Å². The van der Waals surface area contributed by atoms with Crippen LogP contribution in [0.4, 0.5) is 5.69 Å². The maximum atomic E-state index is 12.3. The van der Waals surface area contributed by atoms with Gasteiger partial charge in [0, 0.05) is 32.7 Å². The van der Waals surface area contributed by atoms with Crippen LogP contribution in [0.5, 0.6) is 0 Å². The third-order valence-electron chi connectivity index (χ3n) is 2.88. The van der Waals surface area contributed by atoms with Crippen LogP contribution < -0.4 is 10.5 Å². The Balaban J connectivity index is 2.88. The van der Waals surface area contributed by atoms with Crippen molar-refractivity contribution in [1.29, 1.82) is 0 Å². The molecule has 0 radical (unpaired) electrons. The van der Waals surface area contributed by atoms with Gasteiger partial charge in [0.1, 0.15) is 0 Å². The summed E-state index contributed by atoms with van der Waals surface area (Å²) in [6, 6.07) is 3.24. The van der Waals surface area contributed by atoms with Crippen LogP contribution in [-0.2, 0) is 14.8 Å². The van der Waals surface area contributed by atoms with E-state index in [4.69, 9.17) is 5.73 Å². The van der Waals surface area contributed by atoms with Gasteiger partial charge in [-0.25, -0.2) is 13.1 Å². The number of sulfonamides is 1. The molecule has 20 heavy (non-hydrogen) atoms. The number of nitrogen functional groups attached to an aromatic ring is 1. The molecule has 0 bridgehead atoms. The van der Waals surface area contributed by atoms with E-state index in [9.17, 15) is 13.2 Å². The standard InChI is InChI=1S/C13H21N3O3S/c1-9-7-11(14)8-10(2)13(9)20(18,19)15-6-5-12(17)16(3)4/h7-8,15H,5-6,14H2,1-4H3. The van der Waals surface area contributed by atoms with Crippen LogP contribution in [-0.4, -0.2) is 39.9 Å². The molecule has 0 unspecified atom stereocenters. The summed E-state index contributed by atoms with van der Waals surface area (Å²) in [7, 11) is -0.376.